The topological polar surface area (TPSA) is 55.6 Å². The minimum Gasteiger partial charge on any atom is -0.469 e. The predicted molar refractivity (Wildman–Crippen MR) is 57.3 cm³/mol. The number of carbonyl (C=O) groups excluding carboxylic acids is 1. The van der Waals surface area contributed by atoms with Crippen molar-refractivity contribution in [3.63, 3.8) is 0 Å². The SMILES string of the molecule is COC(=O)C1CC(N)CN(CC2CC2)C1. The van der Waals surface area contributed by atoms with Gasteiger partial charge in [0.25, 0.3) is 0 Å². The average molecular weight is 212 g/mol. The normalized spacial score (nSPS) is 32.7. The fraction of sp³-hybridized carbons (Fsp3) is 0.909. The molecule has 0 bridgehead atoms. The van der Waals surface area contributed by atoms with Crippen molar-refractivity contribution in [3.8, 4) is 0 Å². The summed E-state index contributed by atoms with van der Waals surface area (Å²) in [5.41, 5.74) is 5.95. The van der Waals surface area contributed by atoms with Crippen molar-refractivity contribution in [2.75, 3.05) is 26.7 Å². The molecular formula is C11H20N2O2. The number of carbonyl (C=O) groups is 1. The Balaban J connectivity index is 1.87. The maximum absolute atomic E-state index is 11.5. The van der Waals surface area contributed by atoms with E-state index in [1.807, 2.05) is 0 Å². The summed E-state index contributed by atoms with van der Waals surface area (Å²) in [5, 5.41) is 0. The lowest BCUT2D eigenvalue weighted by Crippen LogP contribution is -2.49. The van der Waals surface area contributed by atoms with E-state index in [2.05, 4.69) is 4.90 Å². The van der Waals surface area contributed by atoms with Crippen molar-refractivity contribution < 1.29 is 9.53 Å². The Labute approximate surface area is 90.8 Å². The van der Waals surface area contributed by atoms with E-state index in [1.54, 1.807) is 0 Å². The number of piperidine rings is 1. The van der Waals surface area contributed by atoms with E-state index in [-0.39, 0.29) is 17.9 Å². The van der Waals surface area contributed by atoms with Crippen LogP contribution in [0.15, 0.2) is 0 Å². The van der Waals surface area contributed by atoms with Crippen LogP contribution in [0.2, 0.25) is 0 Å². The lowest BCUT2D eigenvalue weighted by atomic mass is 9.94. The Bertz CT molecular complexity index is 239. The van der Waals surface area contributed by atoms with Gasteiger partial charge in [-0.3, -0.25) is 4.79 Å². The van der Waals surface area contributed by atoms with E-state index in [4.69, 9.17) is 10.5 Å². The van der Waals surface area contributed by atoms with Crippen LogP contribution in [0.25, 0.3) is 0 Å². The van der Waals surface area contributed by atoms with Crippen molar-refractivity contribution in [2.45, 2.75) is 25.3 Å². The molecule has 0 amide bonds. The number of ether oxygens (including phenoxy) is 1. The molecule has 1 aliphatic carbocycles. The summed E-state index contributed by atoms with van der Waals surface area (Å²) < 4.78 is 4.79. The molecule has 2 aliphatic rings. The second-order valence-electron chi connectivity index (χ2n) is 4.88. The standard InChI is InChI=1S/C11H20N2O2/c1-15-11(14)9-4-10(12)7-13(6-9)5-8-2-3-8/h8-10H,2-7,12H2,1H3. The monoisotopic (exact) mass is 212 g/mol. The van der Waals surface area contributed by atoms with E-state index >= 15 is 0 Å². The van der Waals surface area contributed by atoms with E-state index < -0.39 is 0 Å². The molecule has 1 saturated carbocycles. The first-order chi connectivity index (χ1) is 7.19. The Morgan fingerprint density at radius 1 is 1.47 bits per heavy atom. The van der Waals surface area contributed by atoms with E-state index in [9.17, 15) is 4.79 Å². The molecule has 0 aromatic carbocycles. The van der Waals surface area contributed by atoms with Gasteiger partial charge in [-0.15, -0.1) is 0 Å². The summed E-state index contributed by atoms with van der Waals surface area (Å²) in [5.74, 6) is 0.733. The summed E-state index contributed by atoms with van der Waals surface area (Å²) in [6.45, 7) is 2.88. The van der Waals surface area contributed by atoms with Gasteiger partial charge in [-0.2, -0.15) is 0 Å². The molecule has 2 unspecified atom stereocenters. The van der Waals surface area contributed by atoms with Gasteiger partial charge in [-0.05, 0) is 25.2 Å². The summed E-state index contributed by atoms with van der Waals surface area (Å²) in [7, 11) is 1.45. The molecule has 86 valence electrons. The number of rotatable bonds is 3. The minimum absolute atomic E-state index is 0.0162. The molecule has 1 aliphatic heterocycles. The van der Waals surface area contributed by atoms with Crippen molar-refractivity contribution in [2.24, 2.45) is 17.6 Å². The van der Waals surface area contributed by atoms with Gasteiger partial charge in [0, 0.05) is 25.7 Å². The highest BCUT2D eigenvalue weighted by atomic mass is 16.5. The van der Waals surface area contributed by atoms with Gasteiger partial charge >= 0.3 is 5.97 Å². The van der Waals surface area contributed by atoms with Crippen LogP contribution in [0.1, 0.15) is 19.3 Å². The lowest BCUT2D eigenvalue weighted by molar-refractivity contribution is -0.147. The smallest absolute Gasteiger partial charge is 0.310 e. The van der Waals surface area contributed by atoms with Crippen LogP contribution in [0.3, 0.4) is 0 Å². The summed E-state index contributed by atoms with van der Waals surface area (Å²) in [6.07, 6.45) is 3.46. The molecule has 0 spiro atoms. The van der Waals surface area contributed by atoms with Gasteiger partial charge in [-0.25, -0.2) is 0 Å². The molecule has 0 aromatic rings. The van der Waals surface area contributed by atoms with Crippen LogP contribution < -0.4 is 5.73 Å². The average Bonchev–Trinajstić information content (AvgIpc) is 2.99. The van der Waals surface area contributed by atoms with Gasteiger partial charge in [0.15, 0.2) is 0 Å². The molecule has 2 atom stereocenters. The van der Waals surface area contributed by atoms with Crippen molar-refractivity contribution in [1.82, 2.24) is 4.90 Å². The lowest BCUT2D eigenvalue weighted by Gasteiger charge is -2.34. The van der Waals surface area contributed by atoms with Crippen molar-refractivity contribution in [1.29, 1.82) is 0 Å². The number of nitrogens with zero attached hydrogens (tertiary/aromatic N) is 1. The second-order valence-corrected chi connectivity index (χ2v) is 4.88. The maximum atomic E-state index is 11.5. The molecule has 2 N–H and O–H groups in total. The molecule has 2 fully saturated rings. The van der Waals surface area contributed by atoms with Gasteiger partial charge < -0.3 is 15.4 Å². The molecule has 0 radical (unpaired) electrons. The molecule has 1 heterocycles. The zero-order valence-electron chi connectivity index (χ0n) is 9.32. The van der Waals surface area contributed by atoms with E-state index in [0.717, 1.165) is 32.0 Å². The van der Waals surface area contributed by atoms with Crippen LogP contribution in [0, 0.1) is 11.8 Å². The first-order valence-corrected chi connectivity index (χ1v) is 5.74. The quantitative estimate of drug-likeness (QED) is 0.680. The molecule has 1 saturated heterocycles. The van der Waals surface area contributed by atoms with Crippen molar-refractivity contribution >= 4 is 5.97 Å². The Hall–Kier alpha value is -0.610. The molecular weight excluding hydrogens is 192 g/mol. The Morgan fingerprint density at radius 3 is 2.80 bits per heavy atom. The van der Waals surface area contributed by atoms with Crippen LogP contribution in [0.5, 0.6) is 0 Å². The number of methoxy groups -OCH3 is 1. The number of likely N-dealkylation sites (tertiary alicyclic amines) is 1. The molecule has 0 aromatic heterocycles. The van der Waals surface area contributed by atoms with Gasteiger partial charge in [0.05, 0.1) is 13.0 Å². The van der Waals surface area contributed by atoms with Gasteiger partial charge in [0.2, 0.25) is 0 Å². The number of hydrogen-bond acceptors (Lipinski definition) is 4. The molecule has 4 nitrogen and oxygen atoms in total. The molecule has 2 rings (SSSR count). The highest BCUT2D eigenvalue weighted by Gasteiger charge is 2.33. The summed E-state index contributed by atoms with van der Waals surface area (Å²) in [4.78, 5) is 13.8. The highest BCUT2D eigenvalue weighted by molar-refractivity contribution is 5.72. The molecule has 4 heteroatoms. The zero-order chi connectivity index (χ0) is 10.8. The summed E-state index contributed by atoms with van der Waals surface area (Å²) >= 11 is 0. The zero-order valence-corrected chi connectivity index (χ0v) is 9.32. The highest BCUT2D eigenvalue weighted by Crippen LogP contribution is 2.31. The van der Waals surface area contributed by atoms with Crippen LogP contribution in [-0.4, -0.2) is 43.7 Å². The first kappa shape index (κ1) is 10.9. The van der Waals surface area contributed by atoms with E-state index in [1.165, 1.54) is 20.0 Å². The number of nitrogens with two attached hydrogens (primary N) is 1. The first-order valence-electron chi connectivity index (χ1n) is 5.74. The largest absolute Gasteiger partial charge is 0.469 e. The third-order valence-corrected chi connectivity index (χ3v) is 3.31. The molecule has 15 heavy (non-hydrogen) atoms. The fourth-order valence-corrected chi connectivity index (χ4v) is 2.38. The maximum Gasteiger partial charge on any atom is 0.310 e. The fourth-order valence-electron chi connectivity index (χ4n) is 2.38. The van der Waals surface area contributed by atoms with E-state index in [0.29, 0.717) is 0 Å². The third kappa shape index (κ3) is 2.92. The van der Waals surface area contributed by atoms with Gasteiger partial charge in [0.1, 0.15) is 0 Å². The van der Waals surface area contributed by atoms with Crippen molar-refractivity contribution in [3.05, 3.63) is 0 Å². The number of hydrogen-bond donors (Lipinski definition) is 1. The second kappa shape index (κ2) is 4.49. The Morgan fingerprint density at radius 2 is 2.20 bits per heavy atom. The minimum atomic E-state index is -0.106. The van der Waals surface area contributed by atoms with Crippen LogP contribution in [-0.2, 0) is 9.53 Å². The third-order valence-electron chi connectivity index (χ3n) is 3.31. The van der Waals surface area contributed by atoms with Crippen LogP contribution >= 0.6 is 0 Å². The van der Waals surface area contributed by atoms with Crippen LogP contribution in [0.4, 0.5) is 0 Å². The summed E-state index contributed by atoms with van der Waals surface area (Å²) in [6, 6.07) is 0.126. The predicted octanol–water partition coefficient (Wildman–Crippen LogP) is 0.219. The number of esters is 1. The Kier molecular flexibility index (Phi) is 3.26. The van der Waals surface area contributed by atoms with Gasteiger partial charge in [-0.1, -0.05) is 0 Å².